The van der Waals surface area contributed by atoms with Crippen molar-refractivity contribution in [1.29, 1.82) is 0 Å². The third-order valence-corrected chi connectivity index (χ3v) is 1.52. The largest absolute Gasteiger partial charge is 0.331 e. The standard InChI is InChI=1S/C6H7N.C5H5NO/c1-2-7-5-3-4-6-7;7-5-3-1-2-4-6-5/h2-6H,1H2;1-4H,(H,6,7). The van der Waals surface area contributed by atoms with Gasteiger partial charge in [-0.15, -0.1) is 0 Å². The van der Waals surface area contributed by atoms with Crippen LogP contribution in [0.4, 0.5) is 0 Å². The van der Waals surface area contributed by atoms with Gasteiger partial charge in [-0.1, -0.05) is 12.6 Å². The summed E-state index contributed by atoms with van der Waals surface area (Å²) in [7, 11) is 0. The topological polar surface area (TPSA) is 37.8 Å². The van der Waals surface area contributed by atoms with Crippen LogP contribution in [0.1, 0.15) is 0 Å². The highest BCUT2D eigenvalue weighted by atomic mass is 16.1. The van der Waals surface area contributed by atoms with Crippen molar-refractivity contribution < 1.29 is 0 Å². The Bertz CT molecular complexity index is 397. The van der Waals surface area contributed by atoms with Gasteiger partial charge in [-0.05, 0) is 18.2 Å². The Morgan fingerprint density at radius 1 is 1.21 bits per heavy atom. The summed E-state index contributed by atoms with van der Waals surface area (Å²) in [6, 6.07) is 8.85. The quantitative estimate of drug-likeness (QED) is 0.729. The Kier molecular flexibility index (Phi) is 4.01. The van der Waals surface area contributed by atoms with E-state index in [1.807, 2.05) is 29.1 Å². The second-order valence-corrected chi connectivity index (χ2v) is 2.54. The van der Waals surface area contributed by atoms with Crippen molar-refractivity contribution in [3.63, 3.8) is 0 Å². The van der Waals surface area contributed by atoms with Crippen LogP contribution >= 0.6 is 0 Å². The fourth-order valence-corrected chi connectivity index (χ4v) is 0.846. The molecule has 0 radical (unpaired) electrons. The molecule has 0 aliphatic heterocycles. The number of H-pyrrole nitrogens is 1. The summed E-state index contributed by atoms with van der Waals surface area (Å²) in [6.07, 6.45) is 7.22. The minimum Gasteiger partial charge on any atom is -0.331 e. The zero-order valence-corrected chi connectivity index (χ0v) is 7.76. The third kappa shape index (κ3) is 3.58. The number of aromatic nitrogens is 2. The van der Waals surface area contributed by atoms with Gasteiger partial charge in [-0.3, -0.25) is 4.79 Å². The molecule has 1 N–H and O–H groups in total. The normalized spacial score (nSPS) is 8.57. The minimum atomic E-state index is -0.0532. The summed E-state index contributed by atoms with van der Waals surface area (Å²) < 4.78 is 1.89. The van der Waals surface area contributed by atoms with E-state index in [-0.39, 0.29) is 5.56 Å². The Hall–Kier alpha value is -2.03. The van der Waals surface area contributed by atoms with E-state index in [2.05, 4.69) is 11.6 Å². The van der Waals surface area contributed by atoms with Gasteiger partial charge in [0.25, 0.3) is 0 Å². The highest BCUT2D eigenvalue weighted by Crippen LogP contribution is 1.86. The van der Waals surface area contributed by atoms with Crippen LogP contribution in [0.25, 0.3) is 6.20 Å². The predicted octanol–water partition coefficient (Wildman–Crippen LogP) is 1.96. The van der Waals surface area contributed by atoms with Gasteiger partial charge in [-0.25, -0.2) is 0 Å². The molecule has 0 saturated carbocycles. The van der Waals surface area contributed by atoms with E-state index in [1.165, 1.54) is 6.07 Å². The molecular formula is C11H12N2O. The van der Waals surface area contributed by atoms with Crippen LogP contribution in [0.15, 0.2) is 60.3 Å². The number of hydrogen-bond acceptors (Lipinski definition) is 1. The summed E-state index contributed by atoms with van der Waals surface area (Å²) in [5, 5.41) is 0. The molecule has 0 aromatic carbocycles. The van der Waals surface area contributed by atoms with Gasteiger partial charge in [0.1, 0.15) is 0 Å². The van der Waals surface area contributed by atoms with Crippen LogP contribution in [0, 0.1) is 0 Å². The molecule has 0 unspecified atom stereocenters. The molecule has 2 rings (SSSR count). The molecule has 0 bridgehead atoms. The molecule has 3 nitrogen and oxygen atoms in total. The van der Waals surface area contributed by atoms with Gasteiger partial charge in [0.05, 0.1) is 0 Å². The number of hydrogen-bond donors (Lipinski definition) is 1. The van der Waals surface area contributed by atoms with Crippen molar-refractivity contribution in [3.8, 4) is 0 Å². The maximum atomic E-state index is 10.2. The van der Waals surface area contributed by atoms with Gasteiger partial charge in [0, 0.05) is 30.9 Å². The molecule has 0 saturated heterocycles. The summed E-state index contributed by atoms with van der Waals surface area (Å²) in [6.45, 7) is 3.57. The second kappa shape index (κ2) is 5.59. The molecule has 0 aliphatic rings. The zero-order valence-electron chi connectivity index (χ0n) is 7.76. The predicted molar refractivity (Wildman–Crippen MR) is 57.9 cm³/mol. The zero-order chi connectivity index (χ0) is 10.2. The number of nitrogens with zero attached hydrogens (tertiary/aromatic N) is 1. The molecule has 2 heterocycles. The van der Waals surface area contributed by atoms with E-state index in [4.69, 9.17) is 0 Å². The SMILES string of the molecule is C=Cn1cccc1.O=c1cccc[nH]1. The van der Waals surface area contributed by atoms with Gasteiger partial charge < -0.3 is 9.55 Å². The molecule has 0 amide bonds. The van der Waals surface area contributed by atoms with Crippen molar-refractivity contribution in [2.24, 2.45) is 0 Å². The van der Waals surface area contributed by atoms with Crippen LogP contribution in [0.3, 0.4) is 0 Å². The van der Waals surface area contributed by atoms with E-state index in [0.717, 1.165) is 0 Å². The van der Waals surface area contributed by atoms with E-state index in [0.29, 0.717) is 0 Å². The van der Waals surface area contributed by atoms with E-state index in [9.17, 15) is 4.79 Å². The first-order valence-electron chi connectivity index (χ1n) is 4.21. The highest BCUT2D eigenvalue weighted by Gasteiger charge is 1.72. The Labute approximate surface area is 82.3 Å². The van der Waals surface area contributed by atoms with E-state index < -0.39 is 0 Å². The molecular weight excluding hydrogens is 176 g/mol. The van der Waals surface area contributed by atoms with E-state index >= 15 is 0 Å². The van der Waals surface area contributed by atoms with Gasteiger partial charge in [-0.2, -0.15) is 0 Å². The van der Waals surface area contributed by atoms with Crippen molar-refractivity contribution in [3.05, 3.63) is 65.9 Å². The average molecular weight is 188 g/mol. The molecule has 0 atom stereocenters. The number of nitrogens with one attached hydrogen (secondary N) is 1. The molecule has 2 aromatic rings. The maximum Gasteiger partial charge on any atom is 0.247 e. The number of pyridine rings is 1. The van der Waals surface area contributed by atoms with Crippen LogP contribution in [0.2, 0.25) is 0 Å². The van der Waals surface area contributed by atoms with Crippen molar-refractivity contribution >= 4 is 6.20 Å². The second-order valence-electron chi connectivity index (χ2n) is 2.54. The first-order valence-corrected chi connectivity index (χ1v) is 4.21. The summed E-state index contributed by atoms with van der Waals surface area (Å²) in [5.74, 6) is 0. The average Bonchev–Trinajstić information content (AvgIpc) is 2.72. The first kappa shape index (κ1) is 10.1. The lowest BCUT2D eigenvalue weighted by Gasteiger charge is -1.82. The van der Waals surface area contributed by atoms with Crippen LogP contribution in [-0.4, -0.2) is 9.55 Å². The van der Waals surface area contributed by atoms with Crippen molar-refractivity contribution in [2.75, 3.05) is 0 Å². The van der Waals surface area contributed by atoms with Crippen LogP contribution in [-0.2, 0) is 0 Å². The van der Waals surface area contributed by atoms with Gasteiger partial charge in [0.15, 0.2) is 0 Å². The fourth-order valence-electron chi connectivity index (χ4n) is 0.846. The van der Waals surface area contributed by atoms with Gasteiger partial charge >= 0.3 is 0 Å². The summed E-state index contributed by atoms with van der Waals surface area (Å²) >= 11 is 0. The Balaban J connectivity index is 0.000000140. The smallest absolute Gasteiger partial charge is 0.247 e. The fraction of sp³-hybridized carbons (Fsp3) is 0. The lowest BCUT2D eigenvalue weighted by Crippen LogP contribution is -1.98. The van der Waals surface area contributed by atoms with Crippen LogP contribution < -0.4 is 5.56 Å². The summed E-state index contributed by atoms with van der Waals surface area (Å²) in [4.78, 5) is 12.7. The molecule has 14 heavy (non-hydrogen) atoms. The highest BCUT2D eigenvalue weighted by molar-refractivity contribution is 5.17. The molecule has 2 aromatic heterocycles. The minimum absolute atomic E-state index is 0.0532. The molecule has 3 heteroatoms. The third-order valence-electron chi connectivity index (χ3n) is 1.52. The Morgan fingerprint density at radius 2 is 1.93 bits per heavy atom. The number of rotatable bonds is 1. The maximum absolute atomic E-state index is 10.2. The monoisotopic (exact) mass is 188 g/mol. The summed E-state index contributed by atoms with van der Waals surface area (Å²) in [5.41, 5.74) is -0.0532. The molecule has 0 spiro atoms. The molecule has 72 valence electrons. The molecule has 0 fully saturated rings. The Morgan fingerprint density at radius 3 is 2.21 bits per heavy atom. The lowest BCUT2D eigenvalue weighted by atomic mass is 10.5. The first-order chi connectivity index (χ1) is 6.83. The lowest BCUT2D eigenvalue weighted by molar-refractivity contribution is 1.18. The van der Waals surface area contributed by atoms with Crippen molar-refractivity contribution in [1.82, 2.24) is 9.55 Å². The number of aromatic amines is 1. The van der Waals surface area contributed by atoms with E-state index in [1.54, 1.807) is 24.5 Å². The molecule has 0 aliphatic carbocycles. The van der Waals surface area contributed by atoms with Crippen molar-refractivity contribution in [2.45, 2.75) is 0 Å². The van der Waals surface area contributed by atoms with Gasteiger partial charge in [0.2, 0.25) is 5.56 Å². The van der Waals surface area contributed by atoms with Crippen LogP contribution in [0.5, 0.6) is 0 Å².